The van der Waals surface area contributed by atoms with E-state index in [9.17, 15) is 10.2 Å². The van der Waals surface area contributed by atoms with Crippen molar-refractivity contribution in [1.82, 2.24) is 0 Å². The molecule has 2 N–H and O–H groups in total. The van der Waals surface area contributed by atoms with Crippen LogP contribution >= 0.6 is 0 Å². The largest absolute Gasteiger partial charge is 0.507 e. The highest BCUT2D eigenvalue weighted by Crippen LogP contribution is 2.59. The van der Waals surface area contributed by atoms with Crippen molar-refractivity contribution in [3.63, 3.8) is 0 Å². The van der Waals surface area contributed by atoms with Crippen molar-refractivity contribution in [3.05, 3.63) is 57.6 Å². The molecule has 0 atom stereocenters. The molecule has 0 amide bonds. The normalized spacial score (nSPS) is 14.0. The quantitative estimate of drug-likeness (QED) is 0.315. The van der Waals surface area contributed by atoms with E-state index in [-0.39, 0.29) is 33.8 Å². The highest BCUT2D eigenvalue weighted by molar-refractivity contribution is 5.58. The first-order chi connectivity index (χ1) is 17.5. The van der Waals surface area contributed by atoms with Crippen molar-refractivity contribution in [2.24, 2.45) is 0 Å². The maximum atomic E-state index is 15.3. The van der Waals surface area contributed by atoms with Crippen LogP contribution in [0.2, 0.25) is 0 Å². The van der Waals surface area contributed by atoms with Crippen LogP contribution in [-0.4, -0.2) is 22.6 Å². The number of halogens is 6. The number of alkyl halides is 6. The summed E-state index contributed by atoms with van der Waals surface area (Å²) < 4.78 is 91.7. The standard InChI is InChI=1S/C31H42F6O2/c1-11-27(7,8)23-15-19(13-21(17(3)4)25(23)38)29(30(32,33)34,31(35,36)37)20-14-22(18(5)6)26(39)24(16-20)28(9,10)12-2/h13-18,38-39H,11-12H2,1-10H3. The van der Waals surface area contributed by atoms with Gasteiger partial charge in [-0.3, -0.25) is 0 Å². The average molecular weight is 561 g/mol. The molecular formula is C31H42F6O2. The minimum atomic E-state index is -5.80. The van der Waals surface area contributed by atoms with Crippen LogP contribution in [-0.2, 0) is 16.2 Å². The first-order valence-corrected chi connectivity index (χ1v) is 13.4. The molecule has 0 saturated carbocycles. The summed E-state index contributed by atoms with van der Waals surface area (Å²) in [6.45, 7) is 16.7. The van der Waals surface area contributed by atoms with Gasteiger partial charge in [0.25, 0.3) is 0 Å². The van der Waals surface area contributed by atoms with E-state index in [0.29, 0.717) is 12.8 Å². The molecule has 0 heterocycles. The third-order valence-electron chi connectivity index (χ3n) is 8.47. The van der Waals surface area contributed by atoms with E-state index < -0.39 is 51.6 Å². The minimum Gasteiger partial charge on any atom is -0.507 e. The molecule has 220 valence electrons. The monoisotopic (exact) mass is 560 g/mol. The zero-order chi connectivity index (χ0) is 30.5. The predicted molar refractivity (Wildman–Crippen MR) is 144 cm³/mol. The molecule has 0 saturated heterocycles. The average Bonchev–Trinajstić information content (AvgIpc) is 2.78. The number of hydrogen-bond donors (Lipinski definition) is 2. The summed E-state index contributed by atoms with van der Waals surface area (Å²) in [7, 11) is 0. The van der Waals surface area contributed by atoms with Crippen LogP contribution in [0.5, 0.6) is 11.5 Å². The molecule has 0 aliphatic carbocycles. The van der Waals surface area contributed by atoms with Gasteiger partial charge in [0, 0.05) is 11.1 Å². The molecule has 2 aromatic carbocycles. The molecule has 0 bridgehead atoms. The lowest BCUT2D eigenvalue weighted by atomic mass is 9.67. The number of rotatable bonds is 8. The van der Waals surface area contributed by atoms with Crippen LogP contribution < -0.4 is 0 Å². The second kappa shape index (κ2) is 10.5. The summed E-state index contributed by atoms with van der Waals surface area (Å²) in [5.74, 6) is -1.67. The molecule has 8 heteroatoms. The van der Waals surface area contributed by atoms with E-state index in [1.807, 2.05) is 0 Å². The second-order valence-electron chi connectivity index (χ2n) is 12.5. The molecule has 0 unspecified atom stereocenters. The Morgan fingerprint density at radius 2 is 0.872 bits per heavy atom. The van der Waals surface area contributed by atoms with E-state index in [4.69, 9.17) is 0 Å². The lowest BCUT2D eigenvalue weighted by Gasteiger charge is -2.41. The summed E-state index contributed by atoms with van der Waals surface area (Å²) in [6.07, 6.45) is -10.9. The molecule has 0 spiro atoms. The van der Waals surface area contributed by atoms with Crippen LogP contribution in [0.4, 0.5) is 26.3 Å². The smallest absolute Gasteiger partial charge is 0.411 e. The Morgan fingerprint density at radius 3 is 1.08 bits per heavy atom. The van der Waals surface area contributed by atoms with Crippen molar-refractivity contribution in [2.45, 2.75) is 123 Å². The van der Waals surface area contributed by atoms with Gasteiger partial charge in [-0.1, -0.05) is 81.4 Å². The second-order valence-corrected chi connectivity index (χ2v) is 12.5. The summed E-state index contributed by atoms with van der Waals surface area (Å²) in [4.78, 5) is 0. The van der Waals surface area contributed by atoms with Gasteiger partial charge in [0.2, 0.25) is 5.41 Å². The van der Waals surface area contributed by atoms with Gasteiger partial charge >= 0.3 is 12.4 Å². The van der Waals surface area contributed by atoms with Crippen LogP contribution in [0.3, 0.4) is 0 Å². The van der Waals surface area contributed by atoms with Gasteiger partial charge in [0.1, 0.15) is 11.5 Å². The van der Waals surface area contributed by atoms with Crippen molar-refractivity contribution < 1.29 is 36.6 Å². The molecule has 0 fully saturated rings. The highest BCUT2D eigenvalue weighted by Gasteiger charge is 2.73. The van der Waals surface area contributed by atoms with E-state index in [1.54, 1.807) is 69.2 Å². The van der Waals surface area contributed by atoms with Gasteiger partial charge in [-0.15, -0.1) is 0 Å². The highest BCUT2D eigenvalue weighted by atomic mass is 19.4. The molecule has 2 aromatic rings. The third kappa shape index (κ3) is 5.49. The SMILES string of the molecule is CCC(C)(C)c1cc(C(c2cc(C(C)C)c(O)c(C(C)(C)CC)c2)(C(F)(F)F)C(F)(F)F)cc(C(C)C)c1O. The van der Waals surface area contributed by atoms with Gasteiger partial charge in [-0.05, 0) is 69.9 Å². The number of phenolic OH excluding ortho intramolecular Hbond substituents is 2. The lowest BCUT2D eigenvalue weighted by molar-refractivity contribution is -0.288. The molecule has 0 aliphatic rings. The van der Waals surface area contributed by atoms with E-state index in [0.717, 1.165) is 24.3 Å². The molecule has 0 radical (unpaired) electrons. The molecular weight excluding hydrogens is 518 g/mol. The molecule has 2 nitrogen and oxygen atoms in total. The Labute approximate surface area is 228 Å². The van der Waals surface area contributed by atoms with Crippen LogP contribution in [0, 0.1) is 0 Å². The Morgan fingerprint density at radius 1 is 0.590 bits per heavy atom. The van der Waals surface area contributed by atoms with Crippen molar-refractivity contribution in [2.75, 3.05) is 0 Å². The molecule has 39 heavy (non-hydrogen) atoms. The van der Waals surface area contributed by atoms with Gasteiger partial charge in [0.05, 0.1) is 0 Å². The number of phenols is 2. The first kappa shape index (κ1) is 32.8. The summed E-state index contributed by atoms with van der Waals surface area (Å²) >= 11 is 0. The van der Waals surface area contributed by atoms with Gasteiger partial charge in [-0.2, -0.15) is 26.3 Å². The predicted octanol–water partition coefficient (Wildman–Crippen LogP) is 10.1. The Kier molecular flexibility index (Phi) is 8.88. The summed E-state index contributed by atoms with van der Waals surface area (Å²) in [5, 5.41) is 22.1. The third-order valence-corrected chi connectivity index (χ3v) is 8.47. The molecule has 2 rings (SSSR count). The number of aromatic hydroxyl groups is 2. The van der Waals surface area contributed by atoms with Crippen molar-refractivity contribution >= 4 is 0 Å². The zero-order valence-electron chi connectivity index (χ0n) is 24.5. The lowest BCUT2D eigenvalue weighted by Crippen LogP contribution is -2.55. The fourth-order valence-corrected chi connectivity index (χ4v) is 5.02. The Bertz CT molecular complexity index is 1090. The van der Waals surface area contributed by atoms with E-state index in [2.05, 4.69) is 0 Å². The van der Waals surface area contributed by atoms with Gasteiger partial charge in [-0.25, -0.2) is 0 Å². The summed E-state index contributed by atoms with van der Waals surface area (Å²) in [6, 6.07) is 3.45. The fraction of sp³-hybridized carbons (Fsp3) is 0.613. The fourth-order valence-electron chi connectivity index (χ4n) is 5.02. The van der Waals surface area contributed by atoms with Gasteiger partial charge in [0.15, 0.2) is 0 Å². The minimum absolute atomic E-state index is 0.0128. The van der Waals surface area contributed by atoms with Crippen molar-refractivity contribution in [1.29, 1.82) is 0 Å². The van der Waals surface area contributed by atoms with Crippen molar-refractivity contribution in [3.8, 4) is 11.5 Å². The molecule has 0 aromatic heterocycles. The molecule has 0 aliphatic heterocycles. The maximum absolute atomic E-state index is 15.3. The van der Waals surface area contributed by atoms with Crippen LogP contribution in [0.25, 0.3) is 0 Å². The topological polar surface area (TPSA) is 40.5 Å². The van der Waals surface area contributed by atoms with E-state index in [1.165, 1.54) is 0 Å². The summed E-state index contributed by atoms with van der Waals surface area (Å²) in [5.41, 5.74) is -8.13. The Hall–Kier alpha value is -2.38. The van der Waals surface area contributed by atoms with Gasteiger partial charge < -0.3 is 10.2 Å². The first-order valence-electron chi connectivity index (χ1n) is 13.4. The zero-order valence-corrected chi connectivity index (χ0v) is 24.5. The van der Waals surface area contributed by atoms with E-state index >= 15 is 26.3 Å². The van der Waals surface area contributed by atoms with Crippen LogP contribution in [0.1, 0.15) is 127 Å². The van der Waals surface area contributed by atoms with Crippen LogP contribution in [0.15, 0.2) is 24.3 Å². The maximum Gasteiger partial charge on any atom is 0.411 e. The number of hydrogen-bond acceptors (Lipinski definition) is 2. The Balaban J connectivity index is 3.33. The number of benzene rings is 2.